The molecule has 4 nitrogen and oxygen atoms in total. The molecule has 112 valence electrons. The number of rotatable bonds is 3. The third-order valence-corrected chi connectivity index (χ3v) is 4.64. The topological polar surface area (TPSA) is 39.3 Å². The summed E-state index contributed by atoms with van der Waals surface area (Å²) in [5.41, 5.74) is 1.84. The number of hydrogen-bond donors (Lipinski definition) is 1. The molecular formula is C17H23N3O. The van der Waals surface area contributed by atoms with Crippen LogP contribution in [0.5, 0.6) is 0 Å². The maximum Gasteiger partial charge on any atom is 0.254 e. The molecule has 3 rings (SSSR count). The van der Waals surface area contributed by atoms with Crippen molar-refractivity contribution in [2.24, 2.45) is 0 Å². The predicted molar refractivity (Wildman–Crippen MR) is 85.5 cm³/mol. The first-order valence-electron chi connectivity index (χ1n) is 7.80. The molecule has 4 heteroatoms. The van der Waals surface area contributed by atoms with Crippen molar-refractivity contribution in [3.63, 3.8) is 0 Å². The zero-order valence-corrected chi connectivity index (χ0v) is 12.8. The fraction of sp³-hybridized carbons (Fsp3) is 0.471. The second kappa shape index (κ2) is 5.90. The summed E-state index contributed by atoms with van der Waals surface area (Å²) in [5, 5.41) is 1.02. The van der Waals surface area contributed by atoms with E-state index in [1.54, 1.807) is 0 Å². The summed E-state index contributed by atoms with van der Waals surface area (Å²) in [6, 6.07) is 8.47. The Bertz CT molecular complexity index is 626. The maximum atomic E-state index is 12.8. The number of carbonyl (C=O) groups excluding carboxylic acids is 1. The van der Waals surface area contributed by atoms with Gasteiger partial charge in [0.25, 0.3) is 5.91 Å². The SMILES string of the molecule is CCC(C)N1CCN(C(=O)c2cccc3[nH]ccc23)CC1. The first-order valence-corrected chi connectivity index (χ1v) is 7.80. The largest absolute Gasteiger partial charge is 0.361 e. The Morgan fingerprint density at radius 1 is 1.24 bits per heavy atom. The summed E-state index contributed by atoms with van der Waals surface area (Å²) in [6.45, 7) is 8.08. The van der Waals surface area contributed by atoms with Crippen LogP contribution in [0.2, 0.25) is 0 Å². The minimum absolute atomic E-state index is 0.156. The lowest BCUT2D eigenvalue weighted by molar-refractivity contribution is 0.0581. The van der Waals surface area contributed by atoms with Crippen LogP contribution in [-0.4, -0.2) is 52.9 Å². The number of fused-ring (bicyclic) bond motifs is 1. The highest BCUT2D eigenvalue weighted by molar-refractivity contribution is 6.06. The Hall–Kier alpha value is -1.81. The molecule has 0 aliphatic carbocycles. The molecule has 1 unspecified atom stereocenters. The summed E-state index contributed by atoms with van der Waals surface area (Å²) < 4.78 is 0. The van der Waals surface area contributed by atoms with Crippen LogP contribution in [0.15, 0.2) is 30.5 Å². The molecule has 0 bridgehead atoms. The Labute approximate surface area is 125 Å². The molecule has 0 saturated carbocycles. The highest BCUT2D eigenvalue weighted by atomic mass is 16.2. The van der Waals surface area contributed by atoms with Crippen LogP contribution in [0.4, 0.5) is 0 Å². The van der Waals surface area contributed by atoms with E-state index in [2.05, 4.69) is 23.7 Å². The number of nitrogens with one attached hydrogen (secondary N) is 1. The molecule has 2 heterocycles. The van der Waals surface area contributed by atoms with Crippen molar-refractivity contribution in [3.8, 4) is 0 Å². The van der Waals surface area contributed by atoms with Gasteiger partial charge in [-0.25, -0.2) is 0 Å². The average Bonchev–Trinajstić information content (AvgIpc) is 3.02. The fourth-order valence-corrected chi connectivity index (χ4v) is 3.07. The summed E-state index contributed by atoms with van der Waals surface area (Å²) in [7, 11) is 0. The van der Waals surface area contributed by atoms with E-state index in [1.807, 2.05) is 35.4 Å². The van der Waals surface area contributed by atoms with Gasteiger partial charge in [-0.2, -0.15) is 0 Å². The quantitative estimate of drug-likeness (QED) is 0.942. The fourth-order valence-electron chi connectivity index (χ4n) is 3.07. The highest BCUT2D eigenvalue weighted by Gasteiger charge is 2.24. The molecule has 0 spiro atoms. The molecule has 1 aliphatic rings. The van der Waals surface area contributed by atoms with Crippen molar-refractivity contribution in [1.29, 1.82) is 0 Å². The van der Waals surface area contributed by atoms with Gasteiger partial charge in [0, 0.05) is 54.9 Å². The van der Waals surface area contributed by atoms with E-state index in [9.17, 15) is 4.79 Å². The summed E-state index contributed by atoms with van der Waals surface area (Å²) in [5.74, 6) is 0.156. The van der Waals surface area contributed by atoms with E-state index in [0.717, 1.165) is 49.1 Å². The predicted octanol–water partition coefficient (Wildman–Crippen LogP) is 2.72. The van der Waals surface area contributed by atoms with Gasteiger partial charge in [-0.3, -0.25) is 9.69 Å². The van der Waals surface area contributed by atoms with Crippen LogP contribution in [0.3, 0.4) is 0 Å². The van der Waals surface area contributed by atoms with E-state index in [4.69, 9.17) is 0 Å². The van der Waals surface area contributed by atoms with Crippen molar-refractivity contribution in [2.75, 3.05) is 26.2 Å². The van der Waals surface area contributed by atoms with Crippen LogP contribution >= 0.6 is 0 Å². The molecule has 1 atom stereocenters. The number of benzene rings is 1. The first-order chi connectivity index (χ1) is 10.2. The zero-order chi connectivity index (χ0) is 14.8. The Morgan fingerprint density at radius 3 is 2.71 bits per heavy atom. The third kappa shape index (κ3) is 2.68. The first kappa shape index (κ1) is 14.1. The molecule has 1 fully saturated rings. The monoisotopic (exact) mass is 285 g/mol. The molecule has 1 N–H and O–H groups in total. The van der Waals surface area contributed by atoms with Crippen LogP contribution in [0, 0.1) is 0 Å². The van der Waals surface area contributed by atoms with E-state index in [0.29, 0.717) is 6.04 Å². The minimum atomic E-state index is 0.156. The summed E-state index contributed by atoms with van der Waals surface area (Å²) >= 11 is 0. The summed E-state index contributed by atoms with van der Waals surface area (Å²) in [6.07, 6.45) is 3.05. The molecule has 0 radical (unpaired) electrons. The Balaban J connectivity index is 1.74. The number of aromatic nitrogens is 1. The van der Waals surface area contributed by atoms with Crippen molar-refractivity contribution in [3.05, 3.63) is 36.0 Å². The maximum absolute atomic E-state index is 12.8. The molecular weight excluding hydrogens is 262 g/mol. The molecule has 1 aromatic carbocycles. The lowest BCUT2D eigenvalue weighted by atomic mass is 10.1. The lowest BCUT2D eigenvalue weighted by Crippen LogP contribution is -2.51. The van der Waals surface area contributed by atoms with Gasteiger partial charge in [0.15, 0.2) is 0 Å². The van der Waals surface area contributed by atoms with Crippen molar-refractivity contribution in [1.82, 2.24) is 14.8 Å². The number of H-pyrrole nitrogens is 1. The summed E-state index contributed by atoms with van der Waals surface area (Å²) in [4.78, 5) is 20.4. The van der Waals surface area contributed by atoms with E-state index < -0.39 is 0 Å². The molecule has 1 amide bonds. The second-order valence-corrected chi connectivity index (χ2v) is 5.83. The molecule has 2 aromatic rings. The van der Waals surface area contributed by atoms with Crippen LogP contribution in [0.25, 0.3) is 10.9 Å². The van der Waals surface area contributed by atoms with Gasteiger partial charge in [-0.15, -0.1) is 0 Å². The normalized spacial score (nSPS) is 18.1. The van der Waals surface area contributed by atoms with Gasteiger partial charge < -0.3 is 9.88 Å². The van der Waals surface area contributed by atoms with E-state index in [-0.39, 0.29) is 5.91 Å². The molecule has 1 aromatic heterocycles. The van der Waals surface area contributed by atoms with Crippen molar-refractivity contribution < 1.29 is 4.79 Å². The van der Waals surface area contributed by atoms with Gasteiger partial charge in [0.05, 0.1) is 0 Å². The number of piperazine rings is 1. The highest BCUT2D eigenvalue weighted by Crippen LogP contribution is 2.20. The number of carbonyl (C=O) groups is 1. The Morgan fingerprint density at radius 2 is 2.00 bits per heavy atom. The average molecular weight is 285 g/mol. The smallest absolute Gasteiger partial charge is 0.254 e. The number of nitrogens with zero attached hydrogens (tertiary/aromatic N) is 2. The minimum Gasteiger partial charge on any atom is -0.361 e. The van der Waals surface area contributed by atoms with Crippen LogP contribution < -0.4 is 0 Å². The zero-order valence-electron chi connectivity index (χ0n) is 12.8. The standard InChI is InChI=1S/C17H23N3O/c1-3-13(2)19-9-11-20(12-10-19)17(21)15-5-4-6-16-14(15)7-8-18-16/h4-8,13,18H,3,9-12H2,1-2H3. The van der Waals surface area contributed by atoms with Gasteiger partial charge in [0.1, 0.15) is 0 Å². The number of hydrogen-bond acceptors (Lipinski definition) is 2. The van der Waals surface area contributed by atoms with Gasteiger partial charge in [-0.05, 0) is 31.5 Å². The van der Waals surface area contributed by atoms with Crippen molar-refractivity contribution in [2.45, 2.75) is 26.3 Å². The lowest BCUT2D eigenvalue weighted by Gasteiger charge is -2.37. The van der Waals surface area contributed by atoms with Crippen molar-refractivity contribution >= 4 is 16.8 Å². The van der Waals surface area contributed by atoms with Gasteiger partial charge in [0.2, 0.25) is 0 Å². The molecule has 21 heavy (non-hydrogen) atoms. The van der Waals surface area contributed by atoms with E-state index in [1.165, 1.54) is 0 Å². The molecule has 1 saturated heterocycles. The third-order valence-electron chi connectivity index (χ3n) is 4.64. The van der Waals surface area contributed by atoms with Gasteiger partial charge >= 0.3 is 0 Å². The second-order valence-electron chi connectivity index (χ2n) is 5.83. The Kier molecular flexibility index (Phi) is 3.97. The van der Waals surface area contributed by atoms with E-state index >= 15 is 0 Å². The number of aromatic amines is 1. The molecule has 1 aliphatic heterocycles. The number of amides is 1. The van der Waals surface area contributed by atoms with Crippen LogP contribution in [0.1, 0.15) is 30.6 Å². The van der Waals surface area contributed by atoms with Gasteiger partial charge in [-0.1, -0.05) is 13.0 Å². The van der Waals surface area contributed by atoms with Crippen LogP contribution in [-0.2, 0) is 0 Å².